The molecule has 3 nitrogen and oxygen atoms in total. The molecule has 0 aliphatic rings. The summed E-state index contributed by atoms with van der Waals surface area (Å²) in [6, 6.07) is 14.4. The summed E-state index contributed by atoms with van der Waals surface area (Å²) in [6.07, 6.45) is 0. The lowest BCUT2D eigenvalue weighted by atomic mass is 10.2. The van der Waals surface area contributed by atoms with Crippen molar-refractivity contribution < 1.29 is 4.74 Å². The minimum absolute atomic E-state index is 0.623. The van der Waals surface area contributed by atoms with Crippen LogP contribution in [-0.4, -0.2) is 18.1 Å². The predicted octanol–water partition coefficient (Wildman–Crippen LogP) is 4.40. The number of nitrogens with zero attached hydrogens (tertiary/aromatic N) is 1. The van der Waals surface area contributed by atoms with E-state index in [4.69, 9.17) is 4.74 Å². The Bertz CT molecular complexity index is 751. The second-order valence-electron chi connectivity index (χ2n) is 5.03. The summed E-state index contributed by atoms with van der Waals surface area (Å²) in [5, 5.41) is 4.28. The van der Waals surface area contributed by atoms with Gasteiger partial charge in [-0.15, -0.1) is 0 Å². The van der Waals surface area contributed by atoms with E-state index in [0.29, 0.717) is 6.61 Å². The SMILES string of the molecule is Cc1cccc(OCCNc2nc3c(C)cccc3s2)c1. The van der Waals surface area contributed by atoms with Crippen molar-refractivity contribution in [2.45, 2.75) is 13.8 Å². The van der Waals surface area contributed by atoms with Crippen LogP contribution in [0.2, 0.25) is 0 Å². The summed E-state index contributed by atoms with van der Waals surface area (Å²) in [7, 11) is 0. The normalized spacial score (nSPS) is 10.8. The molecule has 0 unspecified atom stereocenters. The number of rotatable bonds is 5. The summed E-state index contributed by atoms with van der Waals surface area (Å²) in [5.41, 5.74) is 3.51. The molecule has 0 atom stereocenters. The van der Waals surface area contributed by atoms with Crippen LogP contribution in [-0.2, 0) is 0 Å². The Kier molecular flexibility index (Phi) is 4.06. The Labute approximate surface area is 128 Å². The molecule has 3 rings (SSSR count). The first kappa shape index (κ1) is 13.9. The predicted molar refractivity (Wildman–Crippen MR) is 89.5 cm³/mol. The zero-order chi connectivity index (χ0) is 14.7. The number of para-hydroxylation sites is 1. The van der Waals surface area contributed by atoms with Crippen LogP contribution in [0.4, 0.5) is 5.13 Å². The van der Waals surface area contributed by atoms with Crippen molar-refractivity contribution in [1.29, 1.82) is 0 Å². The molecule has 108 valence electrons. The van der Waals surface area contributed by atoms with Crippen LogP contribution in [0, 0.1) is 13.8 Å². The van der Waals surface area contributed by atoms with Gasteiger partial charge in [0, 0.05) is 0 Å². The number of hydrogen-bond acceptors (Lipinski definition) is 4. The Morgan fingerprint density at radius 1 is 1.14 bits per heavy atom. The number of benzene rings is 2. The van der Waals surface area contributed by atoms with Crippen molar-refractivity contribution in [2.75, 3.05) is 18.5 Å². The number of anilines is 1. The lowest BCUT2D eigenvalue weighted by Crippen LogP contribution is -2.11. The average Bonchev–Trinajstić information content (AvgIpc) is 2.88. The van der Waals surface area contributed by atoms with Crippen LogP contribution in [0.25, 0.3) is 10.2 Å². The Hall–Kier alpha value is -2.07. The van der Waals surface area contributed by atoms with Crippen LogP contribution in [0.3, 0.4) is 0 Å². The molecule has 0 aliphatic carbocycles. The molecule has 2 aromatic carbocycles. The highest BCUT2D eigenvalue weighted by Gasteiger charge is 2.04. The van der Waals surface area contributed by atoms with Gasteiger partial charge in [0.2, 0.25) is 0 Å². The fourth-order valence-corrected chi connectivity index (χ4v) is 3.16. The molecule has 0 bridgehead atoms. The smallest absolute Gasteiger partial charge is 0.183 e. The molecule has 0 spiro atoms. The molecule has 4 heteroatoms. The quantitative estimate of drug-likeness (QED) is 0.709. The highest BCUT2D eigenvalue weighted by molar-refractivity contribution is 7.22. The highest BCUT2D eigenvalue weighted by atomic mass is 32.1. The summed E-state index contributed by atoms with van der Waals surface area (Å²) in [6.45, 7) is 5.52. The van der Waals surface area contributed by atoms with Crippen LogP contribution < -0.4 is 10.1 Å². The van der Waals surface area contributed by atoms with Crippen molar-refractivity contribution >= 4 is 26.7 Å². The highest BCUT2D eigenvalue weighted by Crippen LogP contribution is 2.27. The van der Waals surface area contributed by atoms with E-state index in [-0.39, 0.29) is 0 Å². The molecule has 0 saturated heterocycles. The van der Waals surface area contributed by atoms with E-state index >= 15 is 0 Å². The van der Waals surface area contributed by atoms with E-state index in [0.717, 1.165) is 22.9 Å². The van der Waals surface area contributed by atoms with Crippen LogP contribution in [0.15, 0.2) is 42.5 Å². The van der Waals surface area contributed by atoms with Crippen molar-refractivity contribution in [3.63, 3.8) is 0 Å². The molecule has 0 amide bonds. The molecule has 0 saturated carbocycles. The van der Waals surface area contributed by atoms with E-state index in [1.807, 2.05) is 18.2 Å². The molecule has 3 aromatic rings. The number of fused-ring (bicyclic) bond motifs is 1. The Morgan fingerprint density at radius 3 is 2.81 bits per heavy atom. The van der Waals surface area contributed by atoms with Gasteiger partial charge < -0.3 is 10.1 Å². The van der Waals surface area contributed by atoms with Gasteiger partial charge in [-0.1, -0.05) is 35.6 Å². The standard InChI is InChI=1S/C17H18N2OS/c1-12-5-3-7-14(11-12)20-10-9-18-17-19-16-13(2)6-4-8-15(16)21-17/h3-8,11H,9-10H2,1-2H3,(H,18,19). The summed E-state index contributed by atoms with van der Waals surface area (Å²) in [5.74, 6) is 0.914. The number of hydrogen-bond donors (Lipinski definition) is 1. The first-order valence-electron chi connectivity index (χ1n) is 7.02. The summed E-state index contributed by atoms with van der Waals surface area (Å²) < 4.78 is 6.94. The van der Waals surface area contributed by atoms with Gasteiger partial charge in [-0.3, -0.25) is 0 Å². The number of aromatic nitrogens is 1. The molecular weight excluding hydrogens is 280 g/mol. The van der Waals surface area contributed by atoms with Crippen LogP contribution in [0.1, 0.15) is 11.1 Å². The van der Waals surface area contributed by atoms with E-state index in [1.165, 1.54) is 15.8 Å². The fraction of sp³-hybridized carbons (Fsp3) is 0.235. The zero-order valence-corrected chi connectivity index (χ0v) is 13.0. The van der Waals surface area contributed by atoms with E-state index in [2.05, 4.69) is 48.4 Å². The first-order valence-corrected chi connectivity index (χ1v) is 7.83. The monoisotopic (exact) mass is 298 g/mol. The maximum Gasteiger partial charge on any atom is 0.183 e. The minimum atomic E-state index is 0.623. The van der Waals surface area contributed by atoms with Crippen LogP contribution >= 0.6 is 11.3 Å². The van der Waals surface area contributed by atoms with Gasteiger partial charge in [-0.25, -0.2) is 4.98 Å². The van der Waals surface area contributed by atoms with Gasteiger partial charge in [0.05, 0.1) is 16.8 Å². The molecule has 1 N–H and O–H groups in total. The van der Waals surface area contributed by atoms with Crippen molar-refractivity contribution in [3.05, 3.63) is 53.6 Å². The van der Waals surface area contributed by atoms with Gasteiger partial charge in [0.25, 0.3) is 0 Å². The third kappa shape index (κ3) is 3.34. The third-order valence-electron chi connectivity index (χ3n) is 3.26. The molecule has 1 aromatic heterocycles. The van der Waals surface area contributed by atoms with Gasteiger partial charge in [0.15, 0.2) is 5.13 Å². The topological polar surface area (TPSA) is 34.1 Å². The van der Waals surface area contributed by atoms with Crippen LogP contribution in [0.5, 0.6) is 5.75 Å². The van der Waals surface area contributed by atoms with E-state index < -0.39 is 0 Å². The second-order valence-corrected chi connectivity index (χ2v) is 6.06. The maximum atomic E-state index is 5.72. The van der Waals surface area contributed by atoms with E-state index in [9.17, 15) is 0 Å². The third-order valence-corrected chi connectivity index (χ3v) is 4.24. The number of aryl methyl sites for hydroxylation is 2. The Balaban J connectivity index is 1.56. The summed E-state index contributed by atoms with van der Waals surface area (Å²) in [4.78, 5) is 4.62. The van der Waals surface area contributed by atoms with E-state index in [1.54, 1.807) is 11.3 Å². The molecule has 21 heavy (non-hydrogen) atoms. The van der Waals surface area contributed by atoms with Gasteiger partial charge in [0.1, 0.15) is 12.4 Å². The summed E-state index contributed by atoms with van der Waals surface area (Å²) >= 11 is 1.68. The van der Waals surface area contributed by atoms with Gasteiger partial charge in [-0.05, 0) is 43.2 Å². The minimum Gasteiger partial charge on any atom is -0.492 e. The lowest BCUT2D eigenvalue weighted by Gasteiger charge is -2.07. The lowest BCUT2D eigenvalue weighted by molar-refractivity contribution is 0.332. The average molecular weight is 298 g/mol. The molecule has 0 aliphatic heterocycles. The zero-order valence-electron chi connectivity index (χ0n) is 12.2. The van der Waals surface area contributed by atoms with Crippen molar-refractivity contribution in [1.82, 2.24) is 4.98 Å². The first-order chi connectivity index (χ1) is 10.2. The fourth-order valence-electron chi connectivity index (χ4n) is 2.19. The number of nitrogens with one attached hydrogen (secondary N) is 1. The number of thiazole rings is 1. The van der Waals surface area contributed by atoms with Crippen molar-refractivity contribution in [2.24, 2.45) is 0 Å². The van der Waals surface area contributed by atoms with Crippen molar-refractivity contribution in [3.8, 4) is 5.75 Å². The molecule has 0 fully saturated rings. The Morgan fingerprint density at radius 2 is 2.00 bits per heavy atom. The largest absolute Gasteiger partial charge is 0.492 e. The second kappa shape index (κ2) is 6.14. The maximum absolute atomic E-state index is 5.72. The van der Waals surface area contributed by atoms with Gasteiger partial charge in [-0.2, -0.15) is 0 Å². The molecule has 1 heterocycles. The van der Waals surface area contributed by atoms with Gasteiger partial charge >= 0.3 is 0 Å². The molecule has 0 radical (unpaired) electrons. The number of ether oxygens (including phenoxy) is 1. The molecular formula is C17H18N2OS.